The van der Waals surface area contributed by atoms with Crippen molar-refractivity contribution < 1.29 is 83.3 Å². The Morgan fingerprint density at radius 3 is 2.13 bits per heavy atom. The zero-order chi connectivity index (χ0) is 39.6. The van der Waals surface area contributed by atoms with Gasteiger partial charge in [-0.1, -0.05) is 11.6 Å². The van der Waals surface area contributed by atoms with Crippen LogP contribution in [-0.2, 0) is 30.2 Å². The normalized spacial score (nSPS) is 28.3. The smallest absolute Gasteiger partial charge is 0.311 e. The molecule has 2 aromatic carbocycles. The summed E-state index contributed by atoms with van der Waals surface area (Å²) in [6, 6.07) is 7.20. The van der Waals surface area contributed by atoms with Crippen LogP contribution in [0.15, 0.2) is 51.2 Å². The number of aliphatic hydroxyl groups excluding tert-OH is 6. The number of phenolic OH excluding ortho intramolecular Hbond substituents is 1. The number of aliphatic carboxylic acids is 1. The molecule has 0 radical (unpaired) electrons. The van der Waals surface area contributed by atoms with Crippen molar-refractivity contribution in [2.45, 2.75) is 95.0 Å². The van der Waals surface area contributed by atoms with Crippen molar-refractivity contribution >= 4 is 22.9 Å². The number of ether oxygens (including phenoxy) is 6. The van der Waals surface area contributed by atoms with E-state index in [-0.39, 0.29) is 34.6 Å². The molecule has 7 N–H and O–H groups in total. The Kier molecular flexibility index (Phi) is 12.5. The van der Waals surface area contributed by atoms with E-state index in [0.717, 1.165) is 11.6 Å². The van der Waals surface area contributed by atoms with E-state index in [9.17, 15) is 55.2 Å². The van der Waals surface area contributed by atoms with E-state index >= 15 is 0 Å². The molecule has 2 aliphatic heterocycles. The molecule has 294 valence electrons. The molecule has 0 spiro atoms. The summed E-state index contributed by atoms with van der Waals surface area (Å²) in [5.74, 6) is -4.17. The van der Waals surface area contributed by atoms with E-state index in [0.29, 0.717) is 5.75 Å². The minimum Gasteiger partial charge on any atom is -0.550 e. The fourth-order valence-corrected chi connectivity index (χ4v) is 5.85. The number of carbonyl (C=O) groups excluding carboxylic acids is 2. The molecule has 18 nitrogen and oxygen atoms in total. The molecule has 0 bridgehead atoms. The quantitative estimate of drug-likeness (QED) is 0.0645. The number of hydrogen-bond donors (Lipinski definition) is 7. The minimum atomic E-state index is -1.92. The van der Waals surface area contributed by atoms with E-state index in [1.807, 2.05) is 0 Å². The van der Waals surface area contributed by atoms with Gasteiger partial charge in [0.15, 0.2) is 5.76 Å². The Hall–Kier alpha value is -4.79. The lowest BCUT2D eigenvalue weighted by Crippen LogP contribution is -2.60. The molecule has 0 unspecified atom stereocenters. The first-order valence-electron chi connectivity index (χ1n) is 16.7. The second-order valence-electron chi connectivity index (χ2n) is 13.0. The van der Waals surface area contributed by atoms with E-state index in [1.165, 1.54) is 26.2 Å². The van der Waals surface area contributed by atoms with Crippen molar-refractivity contribution in [3.05, 3.63) is 57.8 Å². The van der Waals surface area contributed by atoms with Gasteiger partial charge in [-0.2, -0.15) is 0 Å². The number of methoxy groups -OCH3 is 1. The first kappa shape index (κ1) is 40.4. The summed E-state index contributed by atoms with van der Waals surface area (Å²) in [6.07, 6.45) is -16.0. The summed E-state index contributed by atoms with van der Waals surface area (Å²) in [6.45, 7) is 4.24. The second-order valence-corrected chi connectivity index (χ2v) is 13.0. The summed E-state index contributed by atoms with van der Waals surface area (Å²) >= 11 is 0. The summed E-state index contributed by atoms with van der Waals surface area (Å²) in [4.78, 5) is 36.9. The third-order valence-corrected chi connectivity index (χ3v) is 8.88. The van der Waals surface area contributed by atoms with Crippen molar-refractivity contribution in [3.63, 3.8) is 0 Å². The number of carboxylic acids is 1. The van der Waals surface area contributed by atoms with Crippen LogP contribution in [-0.4, -0.2) is 123 Å². The Balaban J connectivity index is 1.63. The summed E-state index contributed by atoms with van der Waals surface area (Å²) in [5.41, 5.74) is 0.0145. The molecule has 18 heteroatoms. The lowest BCUT2D eigenvalue weighted by atomic mass is 9.99. The standard InChI is InChI=1S/C36H42O18/c1-14(2)5-10-18-20(51-36-31(47)29(45)26(42)21(52-36)13-49-23(40)12-22(38)39)11-19(37)24-27(43)34(54-35-30(46)28(44)25(41)15(3)50-35)32(53-33(18)24)16-6-8-17(48-4)9-7-16/h5-9,11,15,21,25-26,28-31,35-37,41-42,44-47H,10,12-13H2,1-4H3,(H,38,39)/p-1/t15-,21+,25-,26+,28+,29-,30+,31+,35-,36+/m0/s1. The van der Waals surface area contributed by atoms with Gasteiger partial charge in [-0.3, -0.25) is 9.59 Å². The van der Waals surface area contributed by atoms with Crippen LogP contribution in [0.2, 0.25) is 0 Å². The fraction of sp³-hybridized carbons (Fsp3) is 0.472. The Morgan fingerprint density at radius 1 is 0.889 bits per heavy atom. The van der Waals surface area contributed by atoms with Crippen LogP contribution in [0.25, 0.3) is 22.3 Å². The van der Waals surface area contributed by atoms with Gasteiger partial charge in [-0.25, -0.2) is 0 Å². The summed E-state index contributed by atoms with van der Waals surface area (Å²) in [7, 11) is 1.45. The molecule has 3 aromatic rings. The maximum atomic E-state index is 14.4. The molecule has 2 fully saturated rings. The Morgan fingerprint density at radius 2 is 1.52 bits per heavy atom. The van der Waals surface area contributed by atoms with E-state index in [4.69, 9.17) is 32.8 Å². The van der Waals surface area contributed by atoms with Gasteiger partial charge in [0, 0.05) is 17.2 Å². The predicted octanol–water partition coefficient (Wildman–Crippen LogP) is -1.24. The molecule has 0 saturated carbocycles. The first-order chi connectivity index (χ1) is 25.5. The van der Waals surface area contributed by atoms with Gasteiger partial charge < -0.3 is 78.5 Å². The monoisotopic (exact) mass is 761 g/mol. The van der Waals surface area contributed by atoms with Crippen molar-refractivity contribution in [1.29, 1.82) is 0 Å². The number of aliphatic hydroxyl groups is 6. The Bertz CT molecular complexity index is 1920. The van der Waals surface area contributed by atoms with Gasteiger partial charge in [0.05, 0.1) is 25.6 Å². The first-order valence-corrected chi connectivity index (χ1v) is 16.7. The number of carboxylic acid groups (broad SMARTS) is 1. The lowest BCUT2D eigenvalue weighted by molar-refractivity contribution is -0.305. The zero-order valence-electron chi connectivity index (χ0n) is 29.5. The topological polar surface area (TPSA) is 284 Å². The second kappa shape index (κ2) is 16.7. The van der Waals surface area contributed by atoms with Gasteiger partial charge in [-0.15, -0.1) is 0 Å². The maximum absolute atomic E-state index is 14.4. The lowest BCUT2D eigenvalue weighted by Gasteiger charge is -2.40. The van der Waals surface area contributed by atoms with Crippen molar-refractivity contribution in [2.75, 3.05) is 13.7 Å². The molecule has 2 aliphatic rings. The largest absolute Gasteiger partial charge is 0.550 e. The van der Waals surface area contributed by atoms with Crippen molar-refractivity contribution in [3.8, 4) is 34.3 Å². The molecule has 5 rings (SSSR count). The van der Waals surface area contributed by atoms with Gasteiger partial charge >= 0.3 is 5.97 Å². The van der Waals surface area contributed by atoms with Gasteiger partial charge in [0.2, 0.25) is 23.8 Å². The SMILES string of the molecule is COc1ccc(-c2oc3c(CC=C(C)C)c(O[C@@H]4O[C@H](COC(=O)CC(=O)[O-])[C@@H](O)[C@H](O)[C@H]4O)cc(O)c3c(=O)c2O[C@@H]2O[C@@H](C)[C@H](O)[C@@H](O)[C@H]2O)cc1. The predicted molar refractivity (Wildman–Crippen MR) is 180 cm³/mol. The number of fused-ring (bicyclic) bond motifs is 1. The van der Waals surface area contributed by atoms with Crippen LogP contribution < -0.4 is 24.7 Å². The minimum absolute atomic E-state index is 0.00997. The number of hydrogen-bond acceptors (Lipinski definition) is 18. The number of phenols is 1. The number of benzene rings is 2. The summed E-state index contributed by atoms with van der Waals surface area (Å²) < 4.78 is 39.5. The average molecular weight is 762 g/mol. The third-order valence-electron chi connectivity index (χ3n) is 8.88. The Labute approximate surface area is 306 Å². The number of allylic oxidation sites excluding steroid dienone is 2. The highest BCUT2D eigenvalue weighted by Crippen LogP contribution is 2.41. The van der Waals surface area contributed by atoms with E-state index in [1.54, 1.807) is 32.1 Å². The van der Waals surface area contributed by atoms with Crippen LogP contribution in [0.5, 0.6) is 23.0 Å². The third kappa shape index (κ3) is 8.45. The van der Waals surface area contributed by atoms with Crippen LogP contribution >= 0.6 is 0 Å². The maximum Gasteiger partial charge on any atom is 0.311 e. The molecule has 3 heterocycles. The molecule has 0 aliphatic carbocycles. The highest BCUT2D eigenvalue weighted by atomic mass is 16.7. The summed E-state index contributed by atoms with van der Waals surface area (Å²) in [5, 5.41) is 84.9. The highest BCUT2D eigenvalue weighted by molar-refractivity contribution is 5.91. The van der Waals surface area contributed by atoms with Crippen LogP contribution in [0.4, 0.5) is 0 Å². The van der Waals surface area contributed by atoms with Crippen molar-refractivity contribution in [1.82, 2.24) is 0 Å². The van der Waals surface area contributed by atoms with Gasteiger partial charge in [-0.05, 0) is 51.5 Å². The van der Waals surface area contributed by atoms with Crippen LogP contribution in [0, 0.1) is 0 Å². The molecule has 54 heavy (non-hydrogen) atoms. The van der Waals surface area contributed by atoms with Crippen molar-refractivity contribution in [2.24, 2.45) is 0 Å². The number of aromatic hydroxyl groups is 1. The molecular formula is C36H41O18-. The fourth-order valence-electron chi connectivity index (χ4n) is 5.85. The average Bonchev–Trinajstić information content (AvgIpc) is 3.12. The molecular weight excluding hydrogens is 720 g/mol. The van der Waals surface area contributed by atoms with E-state index < -0.39 is 109 Å². The van der Waals surface area contributed by atoms with Crippen LogP contribution in [0.3, 0.4) is 0 Å². The van der Waals surface area contributed by atoms with Gasteiger partial charge in [0.25, 0.3) is 0 Å². The molecule has 2 saturated heterocycles. The molecule has 0 amide bonds. The van der Waals surface area contributed by atoms with Crippen LogP contribution in [0.1, 0.15) is 32.8 Å². The number of carbonyl (C=O) groups is 2. The number of esters is 1. The molecule has 10 atom stereocenters. The van der Waals surface area contributed by atoms with Gasteiger partial charge in [0.1, 0.15) is 77.6 Å². The number of rotatable bonds is 12. The zero-order valence-corrected chi connectivity index (χ0v) is 29.5. The molecule has 1 aromatic heterocycles. The highest BCUT2D eigenvalue weighted by Gasteiger charge is 2.46. The van der Waals surface area contributed by atoms with E-state index in [2.05, 4.69) is 0 Å².